The standard InChI is InChI=1S/C4H5N3O2/c8-3-7-4(6-9)1-2-5-7/h1-2,8H,3H2. The zero-order valence-corrected chi connectivity index (χ0v) is 4.56. The number of rotatable bonds is 2. The maximum absolute atomic E-state index is 9.83. The Morgan fingerprint density at radius 1 is 1.89 bits per heavy atom. The topological polar surface area (TPSA) is 67.5 Å². The molecule has 0 aliphatic rings. The predicted molar refractivity (Wildman–Crippen MR) is 29.9 cm³/mol. The largest absolute Gasteiger partial charge is 0.374 e. The van der Waals surface area contributed by atoms with E-state index >= 15 is 0 Å². The Morgan fingerprint density at radius 3 is 3.11 bits per heavy atom. The summed E-state index contributed by atoms with van der Waals surface area (Å²) in [4.78, 5) is 9.83. The predicted octanol–water partition coefficient (Wildman–Crippen LogP) is 0.231. The first-order valence-electron chi connectivity index (χ1n) is 2.34. The SMILES string of the molecule is O=Nc1ccnn1CO. The molecule has 48 valence electrons. The lowest BCUT2D eigenvalue weighted by Crippen LogP contribution is -1.96. The van der Waals surface area contributed by atoms with Crippen LogP contribution in [0.1, 0.15) is 0 Å². The van der Waals surface area contributed by atoms with Gasteiger partial charge >= 0.3 is 0 Å². The van der Waals surface area contributed by atoms with Gasteiger partial charge in [-0.1, -0.05) is 0 Å². The van der Waals surface area contributed by atoms with Crippen molar-refractivity contribution in [2.45, 2.75) is 6.73 Å². The average molecular weight is 127 g/mol. The fraction of sp³-hybridized carbons (Fsp3) is 0.250. The van der Waals surface area contributed by atoms with Gasteiger partial charge in [0.2, 0.25) is 0 Å². The summed E-state index contributed by atoms with van der Waals surface area (Å²) in [5.74, 6) is 0.137. The molecule has 9 heavy (non-hydrogen) atoms. The molecule has 0 radical (unpaired) electrons. The lowest BCUT2D eigenvalue weighted by atomic mass is 10.7. The highest BCUT2D eigenvalue weighted by atomic mass is 16.3. The van der Waals surface area contributed by atoms with Crippen LogP contribution in [-0.4, -0.2) is 14.9 Å². The molecule has 5 nitrogen and oxygen atoms in total. The highest BCUT2D eigenvalue weighted by Gasteiger charge is 1.97. The molecule has 0 fully saturated rings. The molecule has 1 aromatic rings. The van der Waals surface area contributed by atoms with Gasteiger partial charge in [-0.25, -0.2) is 4.68 Å². The maximum atomic E-state index is 9.83. The maximum Gasteiger partial charge on any atom is 0.197 e. The number of hydrogen-bond donors (Lipinski definition) is 1. The van der Waals surface area contributed by atoms with Crippen LogP contribution in [-0.2, 0) is 6.73 Å². The molecule has 0 saturated heterocycles. The van der Waals surface area contributed by atoms with Gasteiger partial charge in [-0.3, -0.25) is 0 Å². The van der Waals surface area contributed by atoms with Crippen molar-refractivity contribution in [1.29, 1.82) is 0 Å². The van der Waals surface area contributed by atoms with E-state index < -0.39 is 0 Å². The van der Waals surface area contributed by atoms with E-state index in [1.54, 1.807) is 0 Å². The Labute approximate surface area is 50.9 Å². The normalized spacial score (nSPS) is 9.44. The molecule has 0 amide bonds. The van der Waals surface area contributed by atoms with E-state index in [1.807, 2.05) is 0 Å². The second kappa shape index (κ2) is 2.36. The van der Waals surface area contributed by atoms with Gasteiger partial charge in [-0.15, -0.1) is 4.91 Å². The van der Waals surface area contributed by atoms with E-state index in [0.717, 1.165) is 4.68 Å². The highest BCUT2D eigenvalue weighted by molar-refractivity contribution is 5.24. The molecule has 0 atom stereocenters. The minimum atomic E-state index is -0.311. The van der Waals surface area contributed by atoms with Crippen molar-refractivity contribution in [3.05, 3.63) is 17.2 Å². The summed E-state index contributed by atoms with van der Waals surface area (Å²) in [6.07, 6.45) is 1.40. The number of aliphatic hydroxyl groups is 1. The minimum absolute atomic E-state index is 0.137. The van der Waals surface area contributed by atoms with E-state index in [-0.39, 0.29) is 12.5 Å². The molecule has 1 N–H and O–H groups in total. The fourth-order valence-electron chi connectivity index (χ4n) is 0.512. The fourth-order valence-corrected chi connectivity index (χ4v) is 0.512. The zero-order valence-electron chi connectivity index (χ0n) is 4.56. The van der Waals surface area contributed by atoms with Gasteiger partial charge in [-0.05, 0) is 5.18 Å². The van der Waals surface area contributed by atoms with Gasteiger partial charge in [-0.2, -0.15) is 5.10 Å². The number of aromatic nitrogens is 2. The van der Waals surface area contributed by atoms with Crippen molar-refractivity contribution in [3.8, 4) is 0 Å². The second-order valence-corrected chi connectivity index (χ2v) is 1.42. The third kappa shape index (κ3) is 0.945. The molecular formula is C4H5N3O2. The number of aliphatic hydroxyl groups excluding tert-OH is 1. The van der Waals surface area contributed by atoms with Crippen LogP contribution in [0.2, 0.25) is 0 Å². The summed E-state index contributed by atoms with van der Waals surface area (Å²) in [5, 5.41) is 14.6. The Bertz CT molecular complexity index is 207. The molecule has 0 aliphatic carbocycles. The first-order chi connectivity index (χ1) is 4.38. The van der Waals surface area contributed by atoms with E-state index in [1.165, 1.54) is 12.3 Å². The van der Waals surface area contributed by atoms with Crippen molar-refractivity contribution < 1.29 is 5.11 Å². The van der Waals surface area contributed by atoms with Gasteiger partial charge in [0.1, 0.15) is 6.73 Å². The average Bonchev–Trinajstić information content (AvgIpc) is 2.33. The summed E-state index contributed by atoms with van der Waals surface area (Å²) in [7, 11) is 0. The molecule has 1 heterocycles. The lowest BCUT2D eigenvalue weighted by Gasteiger charge is -1.91. The van der Waals surface area contributed by atoms with Crippen LogP contribution in [0, 0.1) is 4.91 Å². The first kappa shape index (κ1) is 5.90. The van der Waals surface area contributed by atoms with Crippen LogP contribution in [0.5, 0.6) is 0 Å². The quantitative estimate of drug-likeness (QED) is 0.578. The monoisotopic (exact) mass is 127 g/mol. The van der Waals surface area contributed by atoms with E-state index in [0.29, 0.717) is 0 Å². The number of nitrogens with zero attached hydrogens (tertiary/aromatic N) is 3. The van der Waals surface area contributed by atoms with Crippen LogP contribution < -0.4 is 0 Å². The van der Waals surface area contributed by atoms with E-state index in [9.17, 15) is 4.91 Å². The first-order valence-corrected chi connectivity index (χ1v) is 2.34. The van der Waals surface area contributed by atoms with Crippen LogP contribution in [0.25, 0.3) is 0 Å². The number of hydrogen-bond acceptors (Lipinski definition) is 4. The Balaban J connectivity index is 2.98. The molecule has 0 aliphatic heterocycles. The molecule has 0 unspecified atom stereocenters. The second-order valence-electron chi connectivity index (χ2n) is 1.42. The van der Waals surface area contributed by atoms with E-state index in [4.69, 9.17) is 5.11 Å². The van der Waals surface area contributed by atoms with Crippen LogP contribution >= 0.6 is 0 Å². The molecule has 0 saturated carbocycles. The molecule has 1 aromatic heterocycles. The molecule has 1 rings (SSSR count). The van der Waals surface area contributed by atoms with Crippen molar-refractivity contribution >= 4 is 5.82 Å². The molecule has 5 heteroatoms. The third-order valence-corrected chi connectivity index (χ3v) is 0.922. The van der Waals surface area contributed by atoms with Gasteiger partial charge in [0.05, 0.1) is 6.20 Å². The summed E-state index contributed by atoms with van der Waals surface area (Å²) < 4.78 is 1.09. The van der Waals surface area contributed by atoms with Crippen molar-refractivity contribution in [2.24, 2.45) is 5.18 Å². The molecule has 0 aromatic carbocycles. The Kier molecular flexibility index (Phi) is 1.55. The summed E-state index contributed by atoms with van der Waals surface area (Å²) in [6, 6.07) is 1.42. The summed E-state index contributed by atoms with van der Waals surface area (Å²) in [6.45, 7) is -0.311. The van der Waals surface area contributed by atoms with Gasteiger partial charge in [0.15, 0.2) is 5.82 Å². The summed E-state index contributed by atoms with van der Waals surface area (Å²) in [5.41, 5.74) is 0. The molecule has 0 spiro atoms. The molecule has 0 bridgehead atoms. The van der Waals surface area contributed by atoms with Crippen molar-refractivity contribution in [1.82, 2.24) is 9.78 Å². The van der Waals surface area contributed by atoms with Gasteiger partial charge in [0.25, 0.3) is 0 Å². The van der Waals surface area contributed by atoms with E-state index in [2.05, 4.69) is 10.3 Å². The van der Waals surface area contributed by atoms with Crippen LogP contribution in [0.4, 0.5) is 5.82 Å². The smallest absolute Gasteiger partial charge is 0.197 e. The Hall–Kier alpha value is -1.23. The lowest BCUT2D eigenvalue weighted by molar-refractivity contribution is 0.197. The van der Waals surface area contributed by atoms with Crippen molar-refractivity contribution in [2.75, 3.05) is 0 Å². The Morgan fingerprint density at radius 2 is 2.67 bits per heavy atom. The van der Waals surface area contributed by atoms with Crippen molar-refractivity contribution in [3.63, 3.8) is 0 Å². The van der Waals surface area contributed by atoms with Gasteiger partial charge in [0, 0.05) is 6.07 Å². The number of nitroso groups, excluding NO2 is 1. The third-order valence-electron chi connectivity index (χ3n) is 0.922. The van der Waals surface area contributed by atoms with Gasteiger partial charge < -0.3 is 5.11 Å². The van der Waals surface area contributed by atoms with Crippen LogP contribution in [0.15, 0.2) is 17.4 Å². The van der Waals surface area contributed by atoms with Crippen LogP contribution in [0.3, 0.4) is 0 Å². The zero-order chi connectivity index (χ0) is 6.69. The molecular weight excluding hydrogens is 122 g/mol. The summed E-state index contributed by atoms with van der Waals surface area (Å²) >= 11 is 0. The minimum Gasteiger partial charge on any atom is -0.374 e. The highest BCUT2D eigenvalue weighted by Crippen LogP contribution is 2.07.